The first-order valence-electron chi connectivity index (χ1n) is 7.46. The Hall–Kier alpha value is -0.880. The second-order valence-corrected chi connectivity index (χ2v) is 8.06. The van der Waals surface area contributed by atoms with Crippen molar-refractivity contribution in [3.05, 3.63) is 11.1 Å². The van der Waals surface area contributed by atoms with Gasteiger partial charge in [-0.15, -0.1) is 0 Å². The number of hydrogen-bond donors (Lipinski definition) is 0. The van der Waals surface area contributed by atoms with Gasteiger partial charge >= 0.3 is 0 Å². The van der Waals surface area contributed by atoms with E-state index in [-0.39, 0.29) is 17.1 Å². The Balaban J connectivity index is 1.86. The lowest BCUT2D eigenvalue weighted by Crippen LogP contribution is -2.31. The van der Waals surface area contributed by atoms with Crippen LogP contribution in [0.15, 0.2) is 11.1 Å². The molecule has 5 nitrogen and oxygen atoms in total. The highest BCUT2D eigenvalue weighted by molar-refractivity contribution is 7.90. The highest BCUT2D eigenvalue weighted by Gasteiger charge is 2.50. The Morgan fingerprint density at radius 3 is 2.70 bits per heavy atom. The summed E-state index contributed by atoms with van der Waals surface area (Å²) < 4.78 is 26.5. The van der Waals surface area contributed by atoms with E-state index in [2.05, 4.69) is 0 Å². The number of carbonyl (C=O) groups excluding carboxylic acids is 1. The third kappa shape index (κ3) is 1.92. The molecule has 0 bridgehead atoms. The summed E-state index contributed by atoms with van der Waals surface area (Å²) in [5.74, 6) is 0.280. The highest BCUT2D eigenvalue weighted by Crippen LogP contribution is 2.43. The summed E-state index contributed by atoms with van der Waals surface area (Å²) in [6, 6.07) is 0. The fourth-order valence-electron chi connectivity index (χ4n) is 3.87. The molecule has 2 aliphatic heterocycles. The van der Waals surface area contributed by atoms with Crippen LogP contribution in [-0.2, 0) is 14.8 Å². The van der Waals surface area contributed by atoms with Gasteiger partial charge in [-0.1, -0.05) is 13.8 Å². The van der Waals surface area contributed by atoms with Crippen molar-refractivity contribution in [2.75, 3.05) is 26.2 Å². The molecular weight excluding hydrogens is 276 g/mol. The van der Waals surface area contributed by atoms with E-state index in [9.17, 15) is 13.2 Å². The van der Waals surface area contributed by atoms with Crippen LogP contribution in [0.3, 0.4) is 0 Å². The van der Waals surface area contributed by atoms with E-state index in [0.717, 1.165) is 19.4 Å². The first kappa shape index (κ1) is 14.1. The maximum Gasteiger partial charge on any atom is 0.222 e. The van der Waals surface area contributed by atoms with E-state index in [1.807, 2.05) is 18.7 Å². The molecule has 2 heterocycles. The van der Waals surface area contributed by atoms with Gasteiger partial charge in [-0.05, 0) is 24.0 Å². The normalized spacial score (nSPS) is 32.4. The molecule has 1 saturated heterocycles. The molecule has 0 unspecified atom stereocenters. The van der Waals surface area contributed by atoms with Crippen molar-refractivity contribution in [2.45, 2.75) is 38.4 Å². The summed E-state index contributed by atoms with van der Waals surface area (Å²) in [4.78, 5) is 13.8. The van der Waals surface area contributed by atoms with Gasteiger partial charge in [0, 0.05) is 38.5 Å². The van der Waals surface area contributed by atoms with E-state index < -0.39 is 10.0 Å². The molecule has 0 saturated carbocycles. The summed E-state index contributed by atoms with van der Waals surface area (Å²) in [7, 11) is -3.12. The monoisotopic (exact) mass is 298 g/mol. The smallest absolute Gasteiger partial charge is 0.222 e. The minimum atomic E-state index is -3.12. The van der Waals surface area contributed by atoms with Gasteiger partial charge in [0.15, 0.2) is 0 Å². The van der Waals surface area contributed by atoms with Gasteiger partial charge in [0.05, 0.1) is 5.25 Å². The molecular formula is C14H22N2O3S. The predicted octanol–water partition coefficient (Wildman–Crippen LogP) is 0.979. The van der Waals surface area contributed by atoms with Gasteiger partial charge in [0.25, 0.3) is 0 Å². The number of nitrogens with zero attached hydrogens (tertiary/aromatic N) is 2. The quantitative estimate of drug-likeness (QED) is 0.714. The maximum atomic E-state index is 12.4. The minimum Gasteiger partial charge on any atom is -0.335 e. The second kappa shape index (κ2) is 4.84. The molecule has 112 valence electrons. The molecule has 0 radical (unpaired) electrons. The van der Waals surface area contributed by atoms with Gasteiger partial charge in [0.2, 0.25) is 15.9 Å². The van der Waals surface area contributed by atoms with Crippen molar-refractivity contribution >= 4 is 15.9 Å². The Labute approximate surface area is 120 Å². The fraction of sp³-hybridized carbons (Fsp3) is 0.786. The van der Waals surface area contributed by atoms with Crippen molar-refractivity contribution in [1.82, 2.24) is 9.21 Å². The third-order valence-electron chi connectivity index (χ3n) is 4.97. The highest BCUT2D eigenvalue weighted by atomic mass is 32.2. The Kier molecular flexibility index (Phi) is 3.41. The summed E-state index contributed by atoms with van der Waals surface area (Å²) in [5, 5.41) is -0.252. The van der Waals surface area contributed by atoms with Crippen molar-refractivity contribution in [2.24, 2.45) is 5.92 Å². The first-order valence-corrected chi connectivity index (χ1v) is 8.96. The molecule has 0 aromatic rings. The molecule has 1 aliphatic carbocycles. The van der Waals surface area contributed by atoms with Crippen LogP contribution in [0.1, 0.15) is 33.1 Å². The molecule has 0 N–H and O–H groups in total. The molecule has 3 aliphatic rings. The van der Waals surface area contributed by atoms with Crippen molar-refractivity contribution < 1.29 is 13.2 Å². The van der Waals surface area contributed by atoms with Crippen LogP contribution in [0.5, 0.6) is 0 Å². The lowest BCUT2D eigenvalue weighted by molar-refractivity contribution is -0.129. The van der Waals surface area contributed by atoms with E-state index >= 15 is 0 Å². The molecule has 3 rings (SSSR count). The number of fused-ring (bicyclic) bond motifs is 2. The van der Waals surface area contributed by atoms with Crippen LogP contribution in [0.25, 0.3) is 0 Å². The molecule has 0 aromatic heterocycles. The molecule has 0 spiro atoms. The maximum absolute atomic E-state index is 12.4. The largest absolute Gasteiger partial charge is 0.335 e. The van der Waals surface area contributed by atoms with Crippen molar-refractivity contribution in [1.29, 1.82) is 0 Å². The molecule has 2 atom stereocenters. The second-order valence-electron chi connectivity index (χ2n) is 5.91. The van der Waals surface area contributed by atoms with Crippen LogP contribution < -0.4 is 0 Å². The molecule has 1 amide bonds. The van der Waals surface area contributed by atoms with Gasteiger partial charge in [-0.25, -0.2) is 12.7 Å². The number of hydrogen-bond acceptors (Lipinski definition) is 3. The van der Waals surface area contributed by atoms with Gasteiger partial charge in [-0.2, -0.15) is 0 Å². The molecule has 1 fully saturated rings. The number of amides is 1. The Morgan fingerprint density at radius 2 is 2.05 bits per heavy atom. The summed E-state index contributed by atoms with van der Waals surface area (Å²) in [6.07, 6.45) is 2.07. The van der Waals surface area contributed by atoms with E-state index in [0.29, 0.717) is 26.1 Å². The molecule has 0 aromatic carbocycles. The average molecular weight is 298 g/mol. The summed E-state index contributed by atoms with van der Waals surface area (Å²) >= 11 is 0. The van der Waals surface area contributed by atoms with Crippen LogP contribution >= 0.6 is 0 Å². The van der Waals surface area contributed by atoms with Crippen LogP contribution in [0.2, 0.25) is 0 Å². The van der Waals surface area contributed by atoms with Gasteiger partial charge in [0.1, 0.15) is 0 Å². The standard InChI is InChI=1S/C14H22N2O3S/c1-3-14(17)15-7-10-5-6-13-12(11(10)8-15)9-16(4-2)20(13,18)19/h12-13H,3-9H2,1-2H3/t12-,13+/m0/s1. The van der Waals surface area contributed by atoms with Gasteiger partial charge < -0.3 is 4.90 Å². The zero-order valence-electron chi connectivity index (χ0n) is 12.1. The van der Waals surface area contributed by atoms with E-state index in [1.54, 1.807) is 4.31 Å². The number of carbonyl (C=O) groups is 1. The Bertz CT molecular complexity index is 567. The van der Waals surface area contributed by atoms with Crippen molar-refractivity contribution in [3.63, 3.8) is 0 Å². The topological polar surface area (TPSA) is 57.7 Å². The first-order chi connectivity index (χ1) is 9.48. The third-order valence-corrected chi connectivity index (χ3v) is 7.43. The zero-order chi connectivity index (χ0) is 14.5. The zero-order valence-corrected chi connectivity index (χ0v) is 12.9. The predicted molar refractivity (Wildman–Crippen MR) is 76.6 cm³/mol. The van der Waals surface area contributed by atoms with Gasteiger partial charge in [-0.3, -0.25) is 4.79 Å². The number of rotatable bonds is 2. The summed E-state index contributed by atoms with van der Waals surface area (Å²) in [6.45, 7) is 6.30. The fourth-order valence-corrected chi connectivity index (χ4v) is 6.07. The average Bonchev–Trinajstić information content (AvgIpc) is 2.96. The van der Waals surface area contributed by atoms with Crippen LogP contribution in [-0.4, -0.2) is 55.0 Å². The molecule has 20 heavy (non-hydrogen) atoms. The Morgan fingerprint density at radius 1 is 1.30 bits per heavy atom. The summed E-state index contributed by atoms with van der Waals surface area (Å²) in [5.41, 5.74) is 2.56. The van der Waals surface area contributed by atoms with Crippen LogP contribution in [0.4, 0.5) is 0 Å². The van der Waals surface area contributed by atoms with E-state index in [4.69, 9.17) is 0 Å². The SMILES string of the molecule is CCC(=O)N1CC2=C(C1)[C@@H]1CN(CC)S(=O)(=O)[C@@H]1CC2. The lowest BCUT2D eigenvalue weighted by atomic mass is 9.84. The lowest BCUT2D eigenvalue weighted by Gasteiger charge is -2.24. The van der Waals surface area contributed by atoms with Crippen molar-refractivity contribution in [3.8, 4) is 0 Å². The number of sulfonamides is 1. The van der Waals surface area contributed by atoms with Crippen LogP contribution in [0, 0.1) is 5.92 Å². The molecule has 6 heteroatoms. The minimum absolute atomic E-state index is 0.110. The van der Waals surface area contributed by atoms with E-state index in [1.165, 1.54) is 11.1 Å².